The summed E-state index contributed by atoms with van der Waals surface area (Å²) in [5, 5.41) is 11.1. The maximum absolute atomic E-state index is 11.7. The van der Waals surface area contributed by atoms with Crippen LogP contribution in [0.4, 0.5) is 5.69 Å². The van der Waals surface area contributed by atoms with Crippen molar-refractivity contribution >= 4 is 16.6 Å². The van der Waals surface area contributed by atoms with E-state index >= 15 is 0 Å². The summed E-state index contributed by atoms with van der Waals surface area (Å²) < 4.78 is 0. The highest BCUT2D eigenvalue weighted by Gasteiger charge is 2.15. The zero-order valence-electron chi connectivity index (χ0n) is 9.27. The Kier molecular flexibility index (Phi) is 2.86. The number of aromatic nitrogens is 2. The van der Waals surface area contributed by atoms with Gasteiger partial charge < -0.3 is 4.98 Å². The van der Waals surface area contributed by atoms with Crippen LogP contribution < -0.4 is 5.56 Å². The number of para-hydroxylation sites is 1. The zero-order valence-corrected chi connectivity index (χ0v) is 9.27. The number of benzene rings is 1. The molecule has 6 nitrogen and oxygen atoms in total. The Balaban J connectivity index is 2.78. The lowest BCUT2D eigenvalue weighted by Gasteiger charge is -2.01. The minimum Gasteiger partial charge on any atom is -0.310 e. The number of fused-ring (bicyclic) bond motifs is 1. The van der Waals surface area contributed by atoms with E-state index in [1.807, 2.05) is 6.92 Å². The molecule has 1 N–H and O–H groups in total. The molecule has 17 heavy (non-hydrogen) atoms. The van der Waals surface area contributed by atoms with Crippen LogP contribution in [0.5, 0.6) is 0 Å². The summed E-state index contributed by atoms with van der Waals surface area (Å²) in [5.74, 6) is 0.485. The Morgan fingerprint density at radius 3 is 2.88 bits per heavy atom. The van der Waals surface area contributed by atoms with Crippen molar-refractivity contribution in [1.29, 1.82) is 0 Å². The number of nitrogens with one attached hydrogen (secondary N) is 1. The first-order valence-electron chi connectivity index (χ1n) is 5.29. The molecule has 1 heterocycles. The van der Waals surface area contributed by atoms with Crippen molar-refractivity contribution in [3.05, 3.63) is 44.5 Å². The van der Waals surface area contributed by atoms with Crippen LogP contribution in [0.1, 0.15) is 19.2 Å². The van der Waals surface area contributed by atoms with Gasteiger partial charge in [-0.15, -0.1) is 0 Å². The number of nitro groups is 1. The Morgan fingerprint density at radius 1 is 1.47 bits per heavy atom. The van der Waals surface area contributed by atoms with E-state index in [0.29, 0.717) is 12.2 Å². The molecule has 0 amide bonds. The Bertz CT molecular complexity index is 633. The van der Waals surface area contributed by atoms with Gasteiger partial charge in [0.2, 0.25) is 0 Å². The van der Waals surface area contributed by atoms with Gasteiger partial charge in [-0.05, 0) is 12.5 Å². The summed E-state index contributed by atoms with van der Waals surface area (Å²) in [6, 6.07) is 4.37. The van der Waals surface area contributed by atoms with Gasteiger partial charge in [-0.25, -0.2) is 4.98 Å². The zero-order chi connectivity index (χ0) is 12.4. The van der Waals surface area contributed by atoms with Gasteiger partial charge in [-0.2, -0.15) is 0 Å². The van der Waals surface area contributed by atoms with Crippen LogP contribution in [0.25, 0.3) is 10.9 Å². The first kappa shape index (κ1) is 11.3. The second kappa shape index (κ2) is 4.32. The Labute approximate surface area is 96.5 Å². The smallest absolute Gasteiger partial charge is 0.295 e. The molecule has 0 unspecified atom stereocenters. The normalized spacial score (nSPS) is 10.6. The monoisotopic (exact) mass is 233 g/mol. The van der Waals surface area contributed by atoms with E-state index in [9.17, 15) is 14.9 Å². The first-order valence-corrected chi connectivity index (χ1v) is 5.29. The highest BCUT2D eigenvalue weighted by molar-refractivity contribution is 5.86. The summed E-state index contributed by atoms with van der Waals surface area (Å²) in [7, 11) is 0. The molecule has 0 aliphatic heterocycles. The first-order chi connectivity index (χ1) is 8.13. The number of aromatic amines is 1. The third kappa shape index (κ3) is 2.01. The van der Waals surface area contributed by atoms with Gasteiger partial charge in [0, 0.05) is 12.5 Å². The predicted octanol–water partition coefficient (Wildman–Crippen LogP) is 1.78. The van der Waals surface area contributed by atoms with Crippen molar-refractivity contribution in [3.8, 4) is 0 Å². The predicted molar refractivity (Wildman–Crippen MR) is 63.0 cm³/mol. The SMILES string of the molecule is CCCc1nc2c([N+](=O)[O-])cccc2c(=O)[nH]1. The van der Waals surface area contributed by atoms with Crippen molar-refractivity contribution < 1.29 is 4.92 Å². The van der Waals surface area contributed by atoms with Crippen LogP contribution in [-0.2, 0) is 6.42 Å². The van der Waals surface area contributed by atoms with E-state index in [1.165, 1.54) is 18.2 Å². The highest BCUT2D eigenvalue weighted by atomic mass is 16.6. The average molecular weight is 233 g/mol. The molecular formula is C11H11N3O3. The molecule has 0 bridgehead atoms. The van der Waals surface area contributed by atoms with Gasteiger partial charge in [0.15, 0.2) is 5.52 Å². The molecule has 0 radical (unpaired) electrons. The van der Waals surface area contributed by atoms with E-state index in [4.69, 9.17) is 0 Å². The van der Waals surface area contributed by atoms with E-state index in [-0.39, 0.29) is 22.1 Å². The lowest BCUT2D eigenvalue weighted by atomic mass is 10.2. The third-order valence-electron chi connectivity index (χ3n) is 2.45. The van der Waals surface area contributed by atoms with E-state index in [2.05, 4.69) is 9.97 Å². The van der Waals surface area contributed by atoms with Gasteiger partial charge in [0.05, 0.1) is 10.3 Å². The molecule has 0 saturated carbocycles. The maximum atomic E-state index is 11.7. The van der Waals surface area contributed by atoms with Crippen LogP contribution >= 0.6 is 0 Å². The molecule has 0 spiro atoms. The maximum Gasteiger partial charge on any atom is 0.295 e. The molecule has 0 saturated heterocycles. The molecule has 2 rings (SSSR count). The standard InChI is InChI=1S/C11H11N3O3/c1-2-4-9-12-10-7(11(15)13-9)5-3-6-8(10)14(16)17/h3,5-6H,2,4H2,1H3,(H,12,13,15). The molecule has 1 aromatic carbocycles. The van der Waals surface area contributed by atoms with Gasteiger partial charge in [0.1, 0.15) is 5.82 Å². The van der Waals surface area contributed by atoms with Crippen molar-refractivity contribution in [1.82, 2.24) is 9.97 Å². The second-order valence-electron chi connectivity index (χ2n) is 3.69. The largest absolute Gasteiger partial charge is 0.310 e. The number of aryl methyl sites for hydroxylation is 1. The Morgan fingerprint density at radius 2 is 2.24 bits per heavy atom. The highest BCUT2D eigenvalue weighted by Crippen LogP contribution is 2.20. The lowest BCUT2D eigenvalue weighted by Crippen LogP contribution is -2.12. The average Bonchev–Trinajstić information content (AvgIpc) is 2.28. The summed E-state index contributed by atoms with van der Waals surface area (Å²) in [5.41, 5.74) is -0.308. The molecule has 6 heteroatoms. The molecule has 88 valence electrons. The Hall–Kier alpha value is -2.24. The van der Waals surface area contributed by atoms with Crippen LogP contribution in [0.2, 0.25) is 0 Å². The molecule has 1 aromatic heterocycles. The summed E-state index contributed by atoms with van der Waals surface area (Å²) in [6.45, 7) is 1.95. The van der Waals surface area contributed by atoms with Crippen LogP contribution in [0, 0.1) is 10.1 Å². The van der Waals surface area contributed by atoms with Gasteiger partial charge >= 0.3 is 0 Å². The number of H-pyrrole nitrogens is 1. The second-order valence-corrected chi connectivity index (χ2v) is 3.69. The fraction of sp³-hybridized carbons (Fsp3) is 0.273. The molecule has 0 aliphatic carbocycles. The summed E-state index contributed by atoms with van der Waals surface area (Å²) in [4.78, 5) is 28.8. The van der Waals surface area contributed by atoms with Crippen molar-refractivity contribution in [2.75, 3.05) is 0 Å². The van der Waals surface area contributed by atoms with Crippen molar-refractivity contribution in [3.63, 3.8) is 0 Å². The molecule has 0 aliphatic rings. The van der Waals surface area contributed by atoms with Crippen LogP contribution in [0.15, 0.2) is 23.0 Å². The molecular weight excluding hydrogens is 222 g/mol. The van der Waals surface area contributed by atoms with Gasteiger partial charge in [0.25, 0.3) is 11.2 Å². The minimum atomic E-state index is -0.523. The molecule has 2 aromatic rings. The minimum absolute atomic E-state index is 0.133. The molecule has 0 fully saturated rings. The fourth-order valence-corrected chi connectivity index (χ4v) is 1.70. The van der Waals surface area contributed by atoms with Crippen LogP contribution in [0.3, 0.4) is 0 Å². The summed E-state index contributed by atoms with van der Waals surface area (Å²) in [6.07, 6.45) is 1.41. The topological polar surface area (TPSA) is 88.9 Å². The number of hydrogen-bond donors (Lipinski definition) is 1. The van der Waals surface area contributed by atoms with E-state index in [1.54, 1.807) is 0 Å². The lowest BCUT2D eigenvalue weighted by molar-refractivity contribution is -0.383. The van der Waals surface area contributed by atoms with Gasteiger partial charge in [-0.1, -0.05) is 13.0 Å². The number of non-ortho nitro benzene ring substituents is 1. The van der Waals surface area contributed by atoms with E-state index in [0.717, 1.165) is 6.42 Å². The number of rotatable bonds is 3. The molecule has 0 atom stereocenters. The van der Waals surface area contributed by atoms with Gasteiger partial charge in [-0.3, -0.25) is 14.9 Å². The fourth-order valence-electron chi connectivity index (χ4n) is 1.70. The van der Waals surface area contributed by atoms with Crippen molar-refractivity contribution in [2.24, 2.45) is 0 Å². The van der Waals surface area contributed by atoms with E-state index < -0.39 is 4.92 Å². The number of nitrogens with zero attached hydrogens (tertiary/aromatic N) is 2. The quantitative estimate of drug-likeness (QED) is 0.646. The number of hydrogen-bond acceptors (Lipinski definition) is 4. The van der Waals surface area contributed by atoms with Crippen molar-refractivity contribution in [2.45, 2.75) is 19.8 Å². The summed E-state index contributed by atoms with van der Waals surface area (Å²) >= 11 is 0. The third-order valence-corrected chi connectivity index (χ3v) is 2.45. The number of nitro benzene ring substituents is 1. The van der Waals surface area contributed by atoms with Crippen LogP contribution in [-0.4, -0.2) is 14.9 Å².